The van der Waals surface area contributed by atoms with Crippen LogP contribution < -0.4 is 26.3 Å². The Labute approximate surface area is 352 Å². The number of benzene rings is 4. The summed E-state index contributed by atoms with van der Waals surface area (Å²) in [5.41, 5.74) is 7.54. The zero-order valence-electron chi connectivity index (χ0n) is 34.6. The Bertz CT molecular complexity index is 2450. The van der Waals surface area contributed by atoms with E-state index in [0.29, 0.717) is 64.8 Å². The fourth-order valence-corrected chi connectivity index (χ4v) is 12.4. The zero-order chi connectivity index (χ0) is 42.3. The number of amides is 2. The minimum Gasteiger partial charge on any atom is -0.406 e. The number of hydrogen-bond acceptors (Lipinski definition) is 7. The van der Waals surface area contributed by atoms with Crippen molar-refractivity contribution in [3.05, 3.63) is 165 Å². The molecule has 0 saturated heterocycles. The number of aryl methyl sites for hydroxylation is 1. The molecular formula is C48H50ClN5O4Si. The van der Waals surface area contributed by atoms with E-state index < -0.39 is 14.2 Å². The lowest BCUT2D eigenvalue weighted by Gasteiger charge is -2.43. The normalized spacial score (nSPS) is 11.6. The van der Waals surface area contributed by atoms with Crippen LogP contribution in [-0.2, 0) is 11.0 Å². The van der Waals surface area contributed by atoms with Crippen LogP contribution in [0.5, 0.6) is 0 Å². The molecule has 2 amide bonds. The average Bonchev–Trinajstić information content (AvgIpc) is 3.22. The highest BCUT2D eigenvalue weighted by Crippen LogP contribution is 2.38. The van der Waals surface area contributed by atoms with E-state index in [1.54, 1.807) is 31.3 Å². The van der Waals surface area contributed by atoms with Crippen LogP contribution in [0.3, 0.4) is 0 Å². The molecule has 0 aliphatic rings. The van der Waals surface area contributed by atoms with E-state index in [9.17, 15) is 14.4 Å². The first-order valence-electron chi connectivity index (χ1n) is 19.6. The molecule has 0 unspecified atom stereocenters. The smallest absolute Gasteiger partial charge is 0.274 e. The van der Waals surface area contributed by atoms with Crippen LogP contribution in [0.4, 0.5) is 11.4 Å². The number of carbonyl (C=O) groups is 3. The first kappa shape index (κ1) is 42.8. The molecule has 4 aromatic carbocycles. The molecule has 302 valence electrons. The lowest BCUT2D eigenvalue weighted by atomic mass is 9.98. The van der Waals surface area contributed by atoms with Crippen LogP contribution in [0.2, 0.25) is 10.1 Å². The van der Waals surface area contributed by atoms with Crippen molar-refractivity contribution in [1.29, 1.82) is 0 Å². The Balaban J connectivity index is 1.12. The quantitative estimate of drug-likeness (QED) is 0.0570. The third-order valence-corrected chi connectivity index (χ3v) is 16.3. The lowest BCUT2D eigenvalue weighted by molar-refractivity contribution is 0.101. The molecule has 59 heavy (non-hydrogen) atoms. The van der Waals surface area contributed by atoms with E-state index in [1.165, 1.54) is 16.6 Å². The van der Waals surface area contributed by atoms with E-state index in [-0.39, 0.29) is 16.6 Å². The summed E-state index contributed by atoms with van der Waals surface area (Å²) in [5.74, 6) is -0.767. The van der Waals surface area contributed by atoms with E-state index in [0.717, 1.165) is 27.8 Å². The van der Waals surface area contributed by atoms with Gasteiger partial charge in [-0.25, -0.2) is 0 Å². The second-order valence-electron chi connectivity index (χ2n) is 15.7. The Morgan fingerprint density at radius 3 is 1.90 bits per heavy atom. The number of nitrogens with zero attached hydrogens (tertiary/aromatic N) is 2. The number of halogens is 1. The van der Waals surface area contributed by atoms with Gasteiger partial charge in [0.1, 0.15) is 11.4 Å². The first-order valence-corrected chi connectivity index (χ1v) is 21.9. The SMILES string of the molecule is Cc1cc(C=O)cnc1C(=O)Nc1cccc(-c2cccc(NC(=O)c3ncc(CNCCO[Si](c4ccccc4)(c4ccccc4)C(C)(C)C)c(C)c3C)c2Cl)c1C. The van der Waals surface area contributed by atoms with Crippen molar-refractivity contribution in [3.8, 4) is 11.1 Å². The van der Waals surface area contributed by atoms with Gasteiger partial charge in [-0.15, -0.1) is 0 Å². The molecule has 0 aliphatic carbocycles. The molecule has 0 aliphatic heterocycles. The Morgan fingerprint density at radius 2 is 1.29 bits per heavy atom. The number of pyridine rings is 2. The number of hydrogen-bond donors (Lipinski definition) is 3. The third kappa shape index (κ3) is 9.11. The molecule has 0 saturated carbocycles. The largest absolute Gasteiger partial charge is 0.406 e. The zero-order valence-corrected chi connectivity index (χ0v) is 36.3. The monoisotopic (exact) mass is 823 g/mol. The standard InChI is InChI=1S/C48H50ClN5O4Si/c1-31-26-35(30-55)27-51-44(31)46(56)53-41-22-14-20-39(34(41)4)40-21-15-23-42(43(40)49)54-47(57)45-33(3)32(2)36(29-52-45)28-50-24-25-58-59(48(5,6)7,37-16-10-8-11-17-37)38-18-12-9-13-19-38/h8-23,26-27,29-30,50H,24-25,28H2,1-7H3,(H,53,56)(H,54,57). The molecule has 0 spiro atoms. The van der Waals surface area contributed by atoms with E-state index >= 15 is 0 Å². The van der Waals surface area contributed by atoms with Crippen molar-refractivity contribution >= 4 is 59.8 Å². The molecule has 2 aromatic heterocycles. The van der Waals surface area contributed by atoms with E-state index in [2.05, 4.69) is 95.2 Å². The van der Waals surface area contributed by atoms with Gasteiger partial charge in [0, 0.05) is 48.9 Å². The maximum Gasteiger partial charge on any atom is 0.274 e. The molecule has 0 radical (unpaired) electrons. The van der Waals surface area contributed by atoms with Gasteiger partial charge in [-0.05, 0) is 94.7 Å². The number of anilines is 2. The summed E-state index contributed by atoms with van der Waals surface area (Å²) in [4.78, 5) is 46.8. The van der Waals surface area contributed by atoms with Gasteiger partial charge in [-0.2, -0.15) is 0 Å². The van der Waals surface area contributed by atoms with Gasteiger partial charge in [-0.3, -0.25) is 24.4 Å². The summed E-state index contributed by atoms with van der Waals surface area (Å²) in [6.45, 7) is 16.1. The topological polar surface area (TPSA) is 122 Å². The second-order valence-corrected chi connectivity index (χ2v) is 20.4. The third-order valence-electron chi connectivity index (χ3n) is 10.9. The average molecular weight is 824 g/mol. The molecule has 9 nitrogen and oxygen atoms in total. The highest BCUT2D eigenvalue weighted by atomic mass is 35.5. The minimum atomic E-state index is -2.64. The molecular weight excluding hydrogens is 774 g/mol. The van der Waals surface area contributed by atoms with Crippen LogP contribution in [0.1, 0.15) is 79.9 Å². The molecule has 3 N–H and O–H groups in total. The predicted octanol–water partition coefficient (Wildman–Crippen LogP) is 9.01. The summed E-state index contributed by atoms with van der Waals surface area (Å²) >= 11 is 6.97. The number of aromatic nitrogens is 2. The molecule has 11 heteroatoms. The predicted molar refractivity (Wildman–Crippen MR) is 241 cm³/mol. The van der Waals surface area contributed by atoms with Gasteiger partial charge in [-0.1, -0.05) is 117 Å². The number of carbonyl (C=O) groups excluding carboxylic acids is 3. The van der Waals surface area contributed by atoms with Crippen LogP contribution >= 0.6 is 11.6 Å². The fraction of sp³-hybridized carbons (Fsp3) is 0.229. The van der Waals surface area contributed by atoms with Crippen molar-refractivity contribution in [2.45, 2.75) is 60.0 Å². The Hall–Kier alpha value is -5.78. The summed E-state index contributed by atoms with van der Waals surface area (Å²) in [5, 5.41) is 12.2. The highest BCUT2D eigenvalue weighted by molar-refractivity contribution is 6.99. The van der Waals surface area contributed by atoms with Gasteiger partial charge in [0.2, 0.25) is 0 Å². The molecule has 6 aromatic rings. The van der Waals surface area contributed by atoms with Gasteiger partial charge in [0.15, 0.2) is 6.29 Å². The Morgan fingerprint density at radius 1 is 0.712 bits per heavy atom. The van der Waals surface area contributed by atoms with Crippen molar-refractivity contribution in [2.75, 3.05) is 23.8 Å². The van der Waals surface area contributed by atoms with Crippen molar-refractivity contribution in [3.63, 3.8) is 0 Å². The van der Waals surface area contributed by atoms with Gasteiger partial charge in [0.05, 0.1) is 10.7 Å². The number of nitrogens with one attached hydrogen (secondary N) is 3. The summed E-state index contributed by atoms with van der Waals surface area (Å²) in [7, 11) is -2.64. The maximum atomic E-state index is 13.7. The minimum absolute atomic E-state index is 0.107. The number of aldehydes is 1. The maximum absolute atomic E-state index is 13.7. The van der Waals surface area contributed by atoms with Gasteiger partial charge < -0.3 is 20.4 Å². The summed E-state index contributed by atoms with van der Waals surface area (Å²) in [6, 6.07) is 33.8. The van der Waals surface area contributed by atoms with Crippen LogP contribution in [0, 0.1) is 27.7 Å². The molecule has 2 heterocycles. The fourth-order valence-electron chi connectivity index (χ4n) is 7.58. The van der Waals surface area contributed by atoms with Gasteiger partial charge in [0.25, 0.3) is 20.1 Å². The van der Waals surface area contributed by atoms with Crippen molar-refractivity contribution in [2.24, 2.45) is 0 Å². The lowest BCUT2D eigenvalue weighted by Crippen LogP contribution is -2.66. The Kier molecular flexibility index (Phi) is 13.4. The molecule has 0 fully saturated rings. The molecule has 6 rings (SSSR count). The van der Waals surface area contributed by atoms with Crippen LogP contribution in [0.15, 0.2) is 116 Å². The molecule has 0 bridgehead atoms. The number of rotatable bonds is 14. The second kappa shape index (κ2) is 18.4. The van der Waals surface area contributed by atoms with Gasteiger partial charge >= 0.3 is 0 Å². The molecule has 0 atom stereocenters. The summed E-state index contributed by atoms with van der Waals surface area (Å²) in [6.07, 6.45) is 3.82. The van der Waals surface area contributed by atoms with Crippen molar-refractivity contribution in [1.82, 2.24) is 15.3 Å². The van der Waals surface area contributed by atoms with Crippen LogP contribution in [-0.4, -0.2) is 49.5 Å². The van der Waals surface area contributed by atoms with E-state index in [4.69, 9.17) is 16.0 Å². The highest BCUT2D eigenvalue weighted by Gasteiger charge is 2.50. The van der Waals surface area contributed by atoms with Crippen LogP contribution in [0.25, 0.3) is 11.1 Å². The van der Waals surface area contributed by atoms with Crippen molar-refractivity contribution < 1.29 is 18.8 Å². The van der Waals surface area contributed by atoms with E-state index in [1.807, 2.05) is 57.2 Å². The first-order chi connectivity index (χ1) is 28.3. The summed E-state index contributed by atoms with van der Waals surface area (Å²) < 4.78 is 7.04.